The molecule has 26 heavy (non-hydrogen) atoms. The van der Waals surface area contributed by atoms with E-state index < -0.39 is 0 Å². The summed E-state index contributed by atoms with van der Waals surface area (Å²) in [5.41, 5.74) is 2.68. The highest BCUT2D eigenvalue weighted by molar-refractivity contribution is 5.48. The molecule has 0 aliphatic heterocycles. The number of nitrogens with one attached hydrogen (secondary N) is 2. The predicted octanol–water partition coefficient (Wildman–Crippen LogP) is 4.71. The van der Waals surface area contributed by atoms with Crippen molar-refractivity contribution in [2.45, 2.75) is 45.6 Å². The number of aryl methyl sites for hydroxylation is 1. The maximum absolute atomic E-state index is 5.40. The van der Waals surface area contributed by atoms with E-state index >= 15 is 0 Å². The third-order valence-corrected chi connectivity index (χ3v) is 4.63. The van der Waals surface area contributed by atoms with Gasteiger partial charge in [-0.25, -0.2) is 9.97 Å². The van der Waals surface area contributed by atoms with Gasteiger partial charge in [-0.1, -0.05) is 29.8 Å². The third kappa shape index (κ3) is 5.22. The molecule has 5 heteroatoms. The summed E-state index contributed by atoms with van der Waals surface area (Å²) in [4.78, 5) is 8.99. The summed E-state index contributed by atoms with van der Waals surface area (Å²) in [5, 5.41) is 6.81. The summed E-state index contributed by atoms with van der Waals surface area (Å²) < 4.78 is 5.40. The average molecular weight is 352 g/mol. The Hall–Kier alpha value is -2.56. The molecule has 0 saturated heterocycles. The topological polar surface area (TPSA) is 59.1 Å². The second-order valence-electron chi connectivity index (χ2n) is 6.64. The number of ether oxygens (including phenoxy) is 1. The van der Waals surface area contributed by atoms with E-state index in [0.29, 0.717) is 6.54 Å². The molecule has 0 saturated carbocycles. The highest BCUT2D eigenvalue weighted by atomic mass is 16.5. The molecule has 0 amide bonds. The van der Waals surface area contributed by atoms with Crippen LogP contribution < -0.4 is 15.4 Å². The van der Waals surface area contributed by atoms with E-state index in [1.165, 1.54) is 25.7 Å². The number of hydrogen-bond acceptors (Lipinski definition) is 5. The maximum Gasteiger partial charge on any atom is 0.132 e. The van der Waals surface area contributed by atoms with Gasteiger partial charge in [0.05, 0.1) is 7.11 Å². The first-order valence-electron chi connectivity index (χ1n) is 9.38. The molecule has 0 radical (unpaired) electrons. The molecule has 5 nitrogen and oxygen atoms in total. The summed E-state index contributed by atoms with van der Waals surface area (Å²) in [7, 11) is 1.69. The lowest BCUT2D eigenvalue weighted by atomic mass is 9.97. The Labute approximate surface area is 155 Å². The Morgan fingerprint density at radius 1 is 1.08 bits per heavy atom. The molecular formula is C21H28N4O. The minimum atomic E-state index is 0.660. The van der Waals surface area contributed by atoms with Crippen molar-refractivity contribution in [3.63, 3.8) is 0 Å². The van der Waals surface area contributed by atoms with Crippen molar-refractivity contribution < 1.29 is 4.74 Å². The Kier molecular flexibility index (Phi) is 6.47. The number of methoxy groups -OCH3 is 1. The second-order valence-corrected chi connectivity index (χ2v) is 6.64. The highest BCUT2D eigenvalue weighted by Gasteiger charge is 2.06. The number of aromatic nitrogens is 2. The van der Waals surface area contributed by atoms with Gasteiger partial charge in [-0.15, -0.1) is 0 Å². The van der Waals surface area contributed by atoms with Gasteiger partial charge in [0, 0.05) is 24.7 Å². The molecule has 1 aliphatic carbocycles. The number of allylic oxidation sites excluding steroid dienone is 1. The van der Waals surface area contributed by atoms with Crippen LogP contribution in [0.1, 0.15) is 43.5 Å². The number of nitrogens with zero attached hydrogens (tertiary/aromatic N) is 2. The Balaban J connectivity index is 1.57. The number of benzene rings is 1. The summed E-state index contributed by atoms with van der Waals surface area (Å²) >= 11 is 0. The van der Waals surface area contributed by atoms with Gasteiger partial charge in [0.25, 0.3) is 0 Å². The molecule has 1 aliphatic rings. The number of anilines is 2. The normalized spacial score (nSPS) is 13.8. The molecule has 3 rings (SSSR count). The quantitative estimate of drug-likeness (QED) is 0.674. The summed E-state index contributed by atoms with van der Waals surface area (Å²) in [6.07, 6.45) is 8.64. The Morgan fingerprint density at radius 3 is 2.65 bits per heavy atom. The van der Waals surface area contributed by atoms with Crippen LogP contribution in [0.3, 0.4) is 0 Å². The smallest absolute Gasteiger partial charge is 0.132 e. The van der Waals surface area contributed by atoms with Crippen LogP contribution in [0.25, 0.3) is 0 Å². The van der Waals surface area contributed by atoms with Crippen LogP contribution >= 0.6 is 0 Å². The van der Waals surface area contributed by atoms with Crippen LogP contribution in [-0.4, -0.2) is 23.6 Å². The zero-order chi connectivity index (χ0) is 18.2. The first-order chi connectivity index (χ1) is 12.7. The van der Waals surface area contributed by atoms with Crippen molar-refractivity contribution in [3.05, 3.63) is 53.4 Å². The van der Waals surface area contributed by atoms with E-state index in [2.05, 4.69) is 32.7 Å². The molecular weight excluding hydrogens is 324 g/mol. The summed E-state index contributed by atoms with van der Waals surface area (Å²) in [5.74, 6) is 3.33. The molecule has 0 fully saturated rings. The Morgan fingerprint density at radius 2 is 1.88 bits per heavy atom. The van der Waals surface area contributed by atoms with Gasteiger partial charge in [0.1, 0.15) is 23.2 Å². The van der Waals surface area contributed by atoms with Crippen LogP contribution in [0.5, 0.6) is 5.75 Å². The zero-order valence-corrected chi connectivity index (χ0v) is 15.7. The van der Waals surface area contributed by atoms with E-state index in [1.54, 1.807) is 12.7 Å². The minimum Gasteiger partial charge on any atom is -0.496 e. The molecule has 0 bridgehead atoms. The van der Waals surface area contributed by atoms with E-state index in [4.69, 9.17) is 4.74 Å². The first kappa shape index (κ1) is 18.2. The van der Waals surface area contributed by atoms with Gasteiger partial charge in [-0.05, 0) is 45.1 Å². The summed E-state index contributed by atoms with van der Waals surface area (Å²) in [6, 6.07) is 9.97. The summed E-state index contributed by atoms with van der Waals surface area (Å²) in [6.45, 7) is 3.49. The number of hydrogen-bond donors (Lipinski definition) is 2. The van der Waals surface area contributed by atoms with E-state index in [9.17, 15) is 0 Å². The first-order valence-corrected chi connectivity index (χ1v) is 9.38. The molecule has 1 aromatic heterocycles. The van der Waals surface area contributed by atoms with Crippen molar-refractivity contribution in [2.24, 2.45) is 0 Å². The SMILES string of the molecule is COc1ccccc1CNc1cc(NCCC2=CCCCC2)nc(C)n1. The predicted molar refractivity (Wildman–Crippen MR) is 107 cm³/mol. The monoisotopic (exact) mass is 352 g/mol. The molecule has 2 N–H and O–H groups in total. The van der Waals surface area contributed by atoms with Gasteiger partial charge >= 0.3 is 0 Å². The van der Waals surface area contributed by atoms with Gasteiger partial charge in [-0.3, -0.25) is 0 Å². The number of rotatable bonds is 8. The standard InChI is InChI=1S/C21H28N4O/c1-16-24-20(22-13-12-17-8-4-3-5-9-17)14-21(25-16)23-15-18-10-6-7-11-19(18)26-2/h6-8,10-11,14H,3-5,9,12-13,15H2,1-2H3,(H2,22,23,24,25). The van der Waals surface area contributed by atoms with Crippen molar-refractivity contribution in [1.82, 2.24) is 9.97 Å². The third-order valence-electron chi connectivity index (χ3n) is 4.63. The van der Waals surface area contributed by atoms with E-state index in [-0.39, 0.29) is 0 Å². The second kappa shape index (κ2) is 9.22. The van der Waals surface area contributed by atoms with Crippen LogP contribution in [-0.2, 0) is 6.54 Å². The van der Waals surface area contributed by atoms with Crippen molar-refractivity contribution in [3.8, 4) is 5.75 Å². The highest BCUT2D eigenvalue weighted by Crippen LogP contribution is 2.21. The number of para-hydroxylation sites is 1. The maximum atomic E-state index is 5.40. The lowest BCUT2D eigenvalue weighted by Gasteiger charge is -2.14. The van der Waals surface area contributed by atoms with Crippen LogP contribution in [0.4, 0.5) is 11.6 Å². The minimum absolute atomic E-state index is 0.660. The fourth-order valence-corrected chi connectivity index (χ4v) is 3.27. The van der Waals surface area contributed by atoms with Crippen LogP contribution in [0.15, 0.2) is 42.0 Å². The average Bonchev–Trinajstić information content (AvgIpc) is 2.67. The molecule has 0 atom stereocenters. The van der Waals surface area contributed by atoms with E-state index in [0.717, 1.165) is 41.7 Å². The lowest BCUT2D eigenvalue weighted by Crippen LogP contribution is -2.09. The Bertz CT molecular complexity index is 757. The lowest BCUT2D eigenvalue weighted by molar-refractivity contribution is 0.410. The van der Waals surface area contributed by atoms with Gasteiger partial charge < -0.3 is 15.4 Å². The van der Waals surface area contributed by atoms with E-state index in [1.807, 2.05) is 31.2 Å². The zero-order valence-electron chi connectivity index (χ0n) is 15.7. The fourth-order valence-electron chi connectivity index (χ4n) is 3.27. The van der Waals surface area contributed by atoms with Crippen molar-refractivity contribution in [2.75, 3.05) is 24.3 Å². The fraction of sp³-hybridized carbons (Fsp3) is 0.429. The van der Waals surface area contributed by atoms with Gasteiger partial charge in [0.2, 0.25) is 0 Å². The van der Waals surface area contributed by atoms with Gasteiger partial charge in [-0.2, -0.15) is 0 Å². The largest absolute Gasteiger partial charge is 0.496 e. The molecule has 1 aromatic carbocycles. The van der Waals surface area contributed by atoms with Gasteiger partial charge in [0.15, 0.2) is 0 Å². The van der Waals surface area contributed by atoms with Crippen molar-refractivity contribution >= 4 is 11.6 Å². The molecule has 138 valence electrons. The van der Waals surface area contributed by atoms with Crippen molar-refractivity contribution in [1.29, 1.82) is 0 Å². The molecule has 2 aromatic rings. The molecule has 0 unspecified atom stereocenters. The molecule has 1 heterocycles. The van der Waals surface area contributed by atoms with Crippen LogP contribution in [0, 0.1) is 6.92 Å². The molecule has 0 spiro atoms. The van der Waals surface area contributed by atoms with Crippen LogP contribution in [0.2, 0.25) is 0 Å².